The first-order chi connectivity index (χ1) is 11.7. The monoisotopic (exact) mass is 387 g/mol. The quantitative estimate of drug-likeness (QED) is 0.801. The van der Waals surface area contributed by atoms with Crippen LogP contribution in [-0.4, -0.2) is 26.8 Å². The van der Waals surface area contributed by atoms with E-state index in [0.29, 0.717) is 23.8 Å². The summed E-state index contributed by atoms with van der Waals surface area (Å²) in [6, 6.07) is 6.14. The first-order valence-electron chi connectivity index (χ1n) is 8.24. The molecule has 2 aliphatic rings. The Hall–Kier alpha value is -1.95. The number of aromatic nitrogens is 2. The molecule has 6 heteroatoms. The van der Waals surface area contributed by atoms with Crippen LogP contribution in [0.3, 0.4) is 0 Å². The first-order valence-corrected chi connectivity index (χ1v) is 9.03. The highest BCUT2D eigenvalue weighted by molar-refractivity contribution is 9.10. The summed E-state index contributed by atoms with van der Waals surface area (Å²) in [5, 5.41) is 0. The zero-order valence-corrected chi connectivity index (χ0v) is 14.8. The largest absolute Gasteiger partial charge is 0.487 e. The number of halogens is 1. The van der Waals surface area contributed by atoms with E-state index in [4.69, 9.17) is 4.74 Å². The highest BCUT2D eigenvalue weighted by Crippen LogP contribution is 2.33. The molecular formula is C18H18BrN3O2. The minimum Gasteiger partial charge on any atom is -0.487 e. The maximum Gasteiger partial charge on any atom is 0.254 e. The topological polar surface area (TPSA) is 55.3 Å². The van der Waals surface area contributed by atoms with E-state index in [1.165, 1.54) is 12.8 Å². The zero-order valence-electron chi connectivity index (χ0n) is 13.2. The summed E-state index contributed by atoms with van der Waals surface area (Å²) in [6.07, 6.45) is 8.06. The van der Waals surface area contributed by atoms with Gasteiger partial charge in [0.2, 0.25) is 0 Å². The van der Waals surface area contributed by atoms with Crippen molar-refractivity contribution in [2.75, 3.05) is 0 Å². The molecule has 24 heavy (non-hydrogen) atoms. The Balaban J connectivity index is 1.46. The van der Waals surface area contributed by atoms with Gasteiger partial charge in [0.15, 0.2) is 0 Å². The smallest absolute Gasteiger partial charge is 0.254 e. The van der Waals surface area contributed by atoms with Crippen LogP contribution in [0.1, 0.15) is 47.3 Å². The van der Waals surface area contributed by atoms with E-state index < -0.39 is 0 Å². The molecule has 1 aromatic heterocycles. The zero-order chi connectivity index (χ0) is 16.5. The van der Waals surface area contributed by atoms with Crippen molar-refractivity contribution < 1.29 is 9.53 Å². The second-order valence-corrected chi connectivity index (χ2v) is 7.12. The number of hydrogen-bond acceptors (Lipinski definition) is 4. The normalized spacial score (nSPS) is 17.4. The van der Waals surface area contributed by atoms with Gasteiger partial charge in [0.05, 0.1) is 18.1 Å². The third-order valence-corrected chi connectivity index (χ3v) is 5.14. The minimum absolute atomic E-state index is 0.169. The molecule has 1 aliphatic heterocycles. The predicted octanol–water partition coefficient (Wildman–Crippen LogP) is 3.72. The van der Waals surface area contributed by atoms with Crippen LogP contribution in [-0.2, 0) is 13.2 Å². The van der Waals surface area contributed by atoms with Crippen molar-refractivity contribution in [1.82, 2.24) is 14.9 Å². The van der Waals surface area contributed by atoms with Gasteiger partial charge in [0.1, 0.15) is 17.0 Å². The molecule has 2 heterocycles. The number of amides is 1. The van der Waals surface area contributed by atoms with E-state index in [9.17, 15) is 4.79 Å². The number of nitrogens with zero attached hydrogens (tertiary/aromatic N) is 3. The van der Waals surface area contributed by atoms with E-state index in [-0.39, 0.29) is 5.91 Å². The number of ether oxygens (including phenoxy) is 1. The summed E-state index contributed by atoms with van der Waals surface area (Å²) >= 11 is 3.26. The van der Waals surface area contributed by atoms with Gasteiger partial charge in [-0.2, -0.15) is 0 Å². The highest BCUT2D eigenvalue weighted by atomic mass is 79.9. The average molecular weight is 388 g/mol. The Morgan fingerprint density at radius 2 is 2.04 bits per heavy atom. The van der Waals surface area contributed by atoms with Crippen LogP contribution in [0, 0.1) is 0 Å². The predicted molar refractivity (Wildman–Crippen MR) is 92.6 cm³/mol. The molecule has 0 atom stereocenters. The molecular weight excluding hydrogens is 370 g/mol. The van der Waals surface area contributed by atoms with E-state index in [1.54, 1.807) is 12.4 Å². The molecule has 0 unspecified atom stereocenters. The second-order valence-electron chi connectivity index (χ2n) is 6.31. The lowest BCUT2D eigenvalue weighted by molar-refractivity contribution is 0.0707. The van der Waals surface area contributed by atoms with Gasteiger partial charge in [-0.25, -0.2) is 4.98 Å². The Labute approximate surface area is 149 Å². The van der Waals surface area contributed by atoms with Crippen LogP contribution in [0.25, 0.3) is 0 Å². The van der Waals surface area contributed by atoms with Crippen LogP contribution in [0.15, 0.2) is 35.2 Å². The van der Waals surface area contributed by atoms with E-state index in [2.05, 4.69) is 25.9 Å². The lowest BCUT2D eigenvalue weighted by atomic mass is 10.1. The SMILES string of the molecule is O=C1c2ccc(OCc3cnc(Br)cn3)cc2CN1C1CCCC1. The van der Waals surface area contributed by atoms with Gasteiger partial charge >= 0.3 is 0 Å². The van der Waals surface area contributed by atoms with E-state index in [1.807, 2.05) is 23.1 Å². The molecule has 1 saturated carbocycles. The van der Waals surface area contributed by atoms with Gasteiger partial charge in [-0.3, -0.25) is 9.78 Å². The van der Waals surface area contributed by atoms with Gasteiger partial charge in [-0.1, -0.05) is 12.8 Å². The highest BCUT2D eigenvalue weighted by Gasteiger charge is 2.34. The maximum absolute atomic E-state index is 12.6. The first kappa shape index (κ1) is 15.6. The van der Waals surface area contributed by atoms with Crippen molar-refractivity contribution in [1.29, 1.82) is 0 Å². The van der Waals surface area contributed by atoms with E-state index in [0.717, 1.165) is 35.4 Å². The van der Waals surface area contributed by atoms with Gasteiger partial charge in [-0.15, -0.1) is 0 Å². The van der Waals surface area contributed by atoms with Crippen molar-refractivity contribution in [2.45, 2.75) is 44.9 Å². The summed E-state index contributed by atoms with van der Waals surface area (Å²) in [7, 11) is 0. The Morgan fingerprint density at radius 1 is 1.21 bits per heavy atom. The van der Waals surface area contributed by atoms with Crippen molar-refractivity contribution in [3.05, 3.63) is 52.0 Å². The number of carbonyl (C=O) groups excluding carboxylic acids is 1. The Bertz CT molecular complexity index is 757. The summed E-state index contributed by atoms with van der Waals surface area (Å²) < 4.78 is 6.51. The molecule has 1 fully saturated rings. The van der Waals surface area contributed by atoms with Crippen LogP contribution >= 0.6 is 15.9 Å². The molecule has 4 rings (SSSR count). The summed E-state index contributed by atoms with van der Waals surface area (Å²) in [4.78, 5) is 23.0. The number of carbonyl (C=O) groups is 1. The standard InChI is InChI=1S/C18H18BrN3O2/c19-17-9-20-13(8-21-17)11-24-15-5-6-16-12(7-15)10-22(18(16)23)14-3-1-2-4-14/h5-9,14H,1-4,10-11H2. The number of hydrogen-bond donors (Lipinski definition) is 0. The Morgan fingerprint density at radius 3 is 2.79 bits per heavy atom. The summed E-state index contributed by atoms with van der Waals surface area (Å²) in [5.41, 5.74) is 2.64. The molecule has 0 saturated heterocycles. The number of benzene rings is 1. The molecule has 1 aliphatic carbocycles. The summed E-state index contributed by atoms with van der Waals surface area (Å²) in [6.45, 7) is 1.06. The van der Waals surface area contributed by atoms with Gasteiger partial charge in [-0.05, 0) is 52.5 Å². The van der Waals surface area contributed by atoms with Crippen LogP contribution in [0.5, 0.6) is 5.75 Å². The van der Waals surface area contributed by atoms with Crippen molar-refractivity contribution in [3.8, 4) is 5.75 Å². The molecule has 0 bridgehead atoms. The number of fused-ring (bicyclic) bond motifs is 1. The number of rotatable bonds is 4. The fraction of sp³-hybridized carbons (Fsp3) is 0.389. The average Bonchev–Trinajstić information content (AvgIpc) is 3.22. The van der Waals surface area contributed by atoms with Gasteiger partial charge in [0.25, 0.3) is 5.91 Å². The van der Waals surface area contributed by atoms with Crippen LogP contribution in [0.2, 0.25) is 0 Å². The molecule has 1 amide bonds. The molecule has 2 aromatic rings. The van der Waals surface area contributed by atoms with Crippen molar-refractivity contribution in [3.63, 3.8) is 0 Å². The molecule has 124 valence electrons. The van der Waals surface area contributed by atoms with Gasteiger partial charge in [0, 0.05) is 18.2 Å². The van der Waals surface area contributed by atoms with Crippen LogP contribution < -0.4 is 4.74 Å². The summed E-state index contributed by atoms with van der Waals surface area (Å²) in [5.74, 6) is 0.932. The molecule has 1 aromatic carbocycles. The molecule has 0 spiro atoms. The molecule has 0 radical (unpaired) electrons. The minimum atomic E-state index is 0.169. The second kappa shape index (κ2) is 6.51. The Kier molecular flexibility index (Phi) is 4.22. The van der Waals surface area contributed by atoms with E-state index >= 15 is 0 Å². The van der Waals surface area contributed by atoms with Crippen molar-refractivity contribution in [2.24, 2.45) is 0 Å². The molecule has 0 N–H and O–H groups in total. The third-order valence-electron chi connectivity index (χ3n) is 4.73. The third kappa shape index (κ3) is 3.02. The van der Waals surface area contributed by atoms with Gasteiger partial charge < -0.3 is 9.64 Å². The molecule has 5 nitrogen and oxygen atoms in total. The maximum atomic E-state index is 12.6. The lowest BCUT2D eigenvalue weighted by Gasteiger charge is -2.23. The van der Waals surface area contributed by atoms with Crippen molar-refractivity contribution >= 4 is 21.8 Å². The van der Waals surface area contributed by atoms with Crippen LogP contribution in [0.4, 0.5) is 0 Å². The fourth-order valence-corrected chi connectivity index (χ4v) is 3.70. The fourth-order valence-electron chi connectivity index (χ4n) is 3.49. The lowest BCUT2D eigenvalue weighted by Crippen LogP contribution is -2.33.